The topological polar surface area (TPSA) is 63.4 Å². The number of benzene rings is 1. The molecular weight excluding hydrogens is 248 g/mol. The lowest BCUT2D eigenvalue weighted by Crippen LogP contribution is -2.39. The molecule has 2 N–H and O–H groups in total. The zero-order valence-electron chi connectivity index (χ0n) is 11.5. The molecule has 0 aliphatic carbocycles. The molecule has 0 aliphatic heterocycles. The lowest BCUT2D eigenvalue weighted by Gasteiger charge is -2.28. The lowest BCUT2D eigenvalue weighted by molar-refractivity contribution is 0.292. The molecular formula is C13H22N2O2S. The van der Waals surface area contributed by atoms with Crippen LogP contribution in [0.5, 0.6) is 0 Å². The lowest BCUT2D eigenvalue weighted by atomic mass is 9.94. The van der Waals surface area contributed by atoms with Crippen LogP contribution in [0.2, 0.25) is 0 Å². The van der Waals surface area contributed by atoms with Crippen LogP contribution in [0.25, 0.3) is 0 Å². The van der Waals surface area contributed by atoms with Crippen molar-refractivity contribution in [3.05, 3.63) is 29.8 Å². The van der Waals surface area contributed by atoms with Gasteiger partial charge in [0.1, 0.15) is 0 Å². The fourth-order valence-corrected chi connectivity index (χ4v) is 3.17. The first-order valence-electron chi connectivity index (χ1n) is 5.92. The van der Waals surface area contributed by atoms with Gasteiger partial charge in [-0.05, 0) is 36.6 Å². The summed E-state index contributed by atoms with van der Waals surface area (Å²) >= 11 is 0. The smallest absolute Gasteiger partial charge is 0.242 e. The molecule has 0 bridgehead atoms. The highest BCUT2D eigenvalue weighted by Crippen LogP contribution is 2.21. The summed E-state index contributed by atoms with van der Waals surface area (Å²) in [7, 11) is -1.83. The fraction of sp³-hybridized carbons (Fsp3) is 0.538. The van der Waals surface area contributed by atoms with E-state index in [0.717, 1.165) is 5.56 Å². The van der Waals surface area contributed by atoms with E-state index in [2.05, 4.69) is 0 Å². The van der Waals surface area contributed by atoms with E-state index in [-0.39, 0.29) is 5.41 Å². The molecule has 1 aromatic carbocycles. The number of nitrogens with two attached hydrogens (primary N) is 1. The Hall–Kier alpha value is -0.910. The zero-order chi connectivity index (χ0) is 14.0. The van der Waals surface area contributed by atoms with Gasteiger partial charge >= 0.3 is 0 Å². The average Bonchev–Trinajstić information content (AvgIpc) is 2.28. The Balaban J connectivity index is 3.01. The molecule has 0 spiro atoms. The van der Waals surface area contributed by atoms with E-state index < -0.39 is 10.0 Å². The Bertz CT molecular complexity index is 509. The first-order chi connectivity index (χ1) is 8.19. The van der Waals surface area contributed by atoms with Gasteiger partial charge in [0, 0.05) is 13.6 Å². The summed E-state index contributed by atoms with van der Waals surface area (Å²) in [4.78, 5) is 0.331. The van der Waals surface area contributed by atoms with Gasteiger partial charge in [0.2, 0.25) is 10.0 Å². The van der Waals surface area contributed by atoms with Gasteiger partial charge in [-0.15, -0.1) is 0 Å². The van der Waals surface area contributed by atoms with E-state index >= 15 is 0 Å². The molecule has 0 fully saturated rings. The highest BCUT2D eigenvalue weighted by molar-refractivity contribution is 7.89. The monoisotopic (exact) mass is 270 g/mol. The summed E-state index contributed by atoms with van der Waals surface area (Å²) in [6.45, 7) is 6.63. The van der Waals surface area contributed by atoms with E-state index in [1.54, 1.807) is 25.2 Å². The maximum absolute atomic E-state index is 12.4. The molecule has 1 aromatic rings. The minimum Gasteiger partial charge on any atom is -0.330 e. The Labute approximate surface area is 110 Å². The Morgan fingerprint density at radius 2 is 1.94 bits per heavy atom. The maximum Gasteiger partial charge on any atom is 0.242 e. The van der Waals surface area contributed by atoms with Gasteiger partial charge in [0.15, 0.2) is 0 Å². The summed E-state index contributed by atoms with van der Waals surface area (Å²) in [5.74, 6) is 0. The van der Waals surface area contributed by atoms with Crippen molar-refractivity contribution in [1.29, 1.82) is 0 Å². The van der Waals surface area contributed by atoms with E-state index in [4.69, 9.17) is 5.73 Å². The largest absolute Gasteiger partial charge is 0.330 e. The third-order valence-electron chi connectivity index (χ3n) is 2.90. The van der Waals surface area contributed by atoms with Crippen LogP contribution in [0, 0.1) is 12.3 Å². The van der Waals surface area contributed by atoms with Crippen molar-refractivity contribution in [2.45, 2.75) is 25.7 Å². The summed E-state index contributed by atoms with van der Waals surface area (Å²) in [5.41, 5.74) is 6.34. The van der Waals surface area contributed by atoms with Crippen molar-refractivity contribution >= 4 is 10.0 Å². The minimum atomic E-state index is -3.43. The van der Waals surface area contributed by atoms with Gasteiger partial charge in [0.05, 0.1) is 4.90 Å². The molecule has 0 amide bonds. The standard InChI is InChI=1S/C13H22N2O2S/c1-11-6-5-7-12(8-11)18(16,17)15(4)10-13(2,3)9-14/h5-8H,9-10,14H2,1-4H3. The van der Waals surface area contributed by atoms with Crippen LogP contribution in [0.3, 0.4) is 0 Å². The number of hydrogen-bond acceptors (Lipinski definition) is 3. The molecule has 4 nitrogen and oxygen atoms in total. The molecule has 102 valence electrons. The molecule has 0 aliphatic rings. The van der Waals surface area contributed by atoms with E-state index in [9.17, 15) is 8.42 Å². The minimum absolute atomic E-state index is 0.231. The molecule has 0 aromatic heterocycles. The number of sulfonamides is 1. The molecule has 1 rings (SSSR count). The quantitative estimate of drug-likeness (QED) is 0.884. The van der Waals surface area contributed by atoms with Crippen molar-refractivity contribution < 1.29 is 8.42 Å². The summed E-state index contributed by atoms with van der Waals surface area (Å²) < 4.78 is 26.1. The Morgan fingerprint density at radius 3 is 2.44 bits per heavy atom. The van der Waals surface area contributed by atoms with Crippen LogP contribution in [0.1, 0.15) is 19.4 Å². The van der Waals surface area contributed by atoms with E-state index in [0.29, 0.717) is 18.0 Å². The SMILES string of the molecule is Cc1cccc(S(=O)(=O)N(C)CC(C)(C)CN)c1. The normalized spacial score (nSPS) is 13.0. The van der Waals surface area contributed by atoms with Gasteiger partial charge < -0.3 is 5.73 Å². The zero-order valence-corrected chi connectivity index (χ0v) is 12.3. The van der Waals surface area contributed by atoms with Crippen molar-refractivity contribution in [3.8, 4) is 0 Å². The maximum atomic E-state index is 12.4. The fourth-order valence-electron chi connectivity index (χ4n) is 1.71. The number of rotatable bonds is 5. The van der Waals surface area contributed by atoms with Crippen LogP contribution in [0.15, 0.2) is 29.2 Å². The molecule has 0 atom stereocenters. The highest BCUT2D eigenvalue weighted by atomic mass is 32.2. The molecule has 0 saturated carbocycles. The number of hydrogen-bond donors (Lipinski definition) is 1. The second kappa shape index (κ2) is 5.38. The molecule has 0 unspecified atom stereocenters. The predicted octanol–water partition coefficient (Wildman–Crippen LogP) is 1.60. The van der Waals surface area contributed by atoms with Crippen LogP contribution in [-0.2, 0) is 10.0 Å². The predicted molar refractivity (Wildman–Crippen MR) is 73.8 cm³/mol. The van der Waals surface area contributed by atoms with Crippen molar-refractivity contribution in [1.82, 2.24) is 4.31 Å². The van der Waals surface area contributed by atoms with Gasteiger partial charge in [-0.1, -0.05) is 26.0 Å². The van der Waals surface area contributed by atoms with E-state index in [1.165, 1.54) is 4.31 Å². The molecule has 0 saturated heterocycles. The Kier molecular flexibility index (Phi) is 4.53. The van der Waals surface area contributed by atoms with Crippen LogP contribution < -0.4 is 5.73 Å². The van der Waals surface area contributed by atoms with Crippen molar-refractivity contribution in [2.75, 3.05) is 20.1 Å². The van der Waals surface area contributed by atoms with Crippen LogP contribution in [-0.4, -0.2) is 32.9 Å². The molecule has 0 heterocycles. The number of nitrogens with zero attached hydrogens (tertiary/aromatic N) is 1. The van der Waals surface area contributed by atoms with Gasteiger partial charge in [0.25, 0.3) is 0 Å². The molecule has 0 radical (unpaired) electrons. The van der Waals surface area contributed by atoms with Crippen LogP contribution >= 0.6 is 0 Å². The molecule has 5 heteroatoms. The highest BCUT2D eigenvalue weighted by Gasteiger charge is 2.27. The second-order valence-corrected chi connectivity index (χ2v) is 7.49. The third kappa shape index (κ3) is 3.54. The third-order valence-corrected chi connectivity index (χ3v) is 4.70. The van der Waals surface area contributed by atoms with Gasteiger partial charge in [-0.25, -0.2) is 12.7 Å². The van der Waals surface area contributed by atoms with Crippen LogP contribution in [0.4, 0.5) is 0 Å². The number of aryl methyl sites for hydroxylation is 1. The van der Waals surface area contributed by atoms with Gasteiger partial charge in [-0.3, -0.25) is 0 Å². The van der Waals surface area contributed by atoms with Crippen molar-refractivity contribution in [3.63, 3.8) is 0 Å². The average molecular weight is 270 g/mol. The Morgan fingerprint density at radius 1 is 1.33 bits per heavy atom. The van der Waals surface area contributed by atoms with Crippen molar-refractivity contribution in [2.24, 2.45) is 11.1 Å². The summed E-state index contributed by atoms with van der Waals surface area (Å²) in [5, 5.41) is 0. The molecule has 18 heavy (non-hydrogen) atoms. The second-order valence-electron chi connectivity index (χ2n) is 5.45. The summed E-state index contributed by atoms with van der Waals surface area (Å²) in [6, 6.07) is 6.93. The first kappa shape index (κ1) is 15.1. The first-order valence-corrected chi connectivity index (χ1v) is 7.36. The van der Waals surface area contributed by atoms with E-state index in [1.807, 2.05) is 26.8 Å². The van der Waals surface area contributed by atoms with Gasteiger partial charge in [-0.2, -0.15) is 0 Å². The summed E-state index contributed by atoms with van der Waals surface area (Å²) in [6.07, 6.45) is 0.